The van der Waals surface area contributed by atoms with Gasteiger partial charge < -0.3 is 9.84 Å². The Hall–Kier alpha value is -0.120. The zero-order valence-corrected chi connectivity index (χ0v) is 9.74. The van der Waals surface area contributed by atoms with Gasteiger partial charge in [-0.1, -0.05) is 19.8 Å². The number of ether oxygens (including phenoxy) is 1. The SMILES string of the molecule is CC1CCCC(O)(CN2CCOCC2)C1. The summed E-state index contributed by atoms with van der Waals surface area (Å²) in [5.74, 6) is 0.685. The van der Waals surface area contributed by atoms with Crippen molar-refractivity contribution in [2.75, 3.05) is 32.8 Å². The van der Waals surface area contributed by atoms with Crippen molar-refractivity contribution in [3.8, 4) is 0 Å². The Morgan fingerprint density at radius 1 is 1.40 bits per heavy atom. The summed E-state index contributed by atoms with van der Waals surface area (Å²) in [6.07, 6.45) is 4.42. The molecule has 0 aromatic rings. The highest BCUT2D eigenvalue weighted by Crippen LogP contribution is 2.32. The first-order valence-corrected chi connectivity index (χ1v) is 6.20. The standard InChI is InChI=1S/C12H23NO2/c1-11-3-2-4-12(14,9-11)10-13-5-7-15-8-6-13/h11,14H,2-10H2,1H3. The van der Waals surface area contributed by atoms with E-state index in [-0.39, 0.29) is 0 Å². The van der Waals surface area contributed by atoms with Gasteiger partial charge in [0.25, 0.3) is 0 Å². The molecule has 0 amide bonds. The zero-order chi connectivity index (χ0) is 10.7. The van der Waals surface area contributed by atoms with Crippen LogP contribution in [0.3, 0.4) is 0 Å². The second-order valence-electron chi connectivity index (χ2n) is 5.31. The van der Waals surface area contributed by atoms with Crippen molar-refractivity contribution in [3.05, 3.63) is 0 Å². The van der Waals surface area contributed by atoms with E-state index in [0.29, 0.717) is 5.92 Å². The maximum absolute atomic E-state index is 10.5. The molecule has 1 aliphatic heterocycles. The molecule has 1 aliphatic carbocycles. The number of aliphatic hydroxyl groups is 1. The molecule has 0 aromatic carbocycles. The van der Waals surface area contributed by atoms with Crippen LogP contribution >= 0.6 is 0 Å². The van der Waals surface area contributed by atoms with E-state index < -0.39 is 5.60 Å². The molecule has 2 unspecified atom stereocenters. The fourth-order valence-corrected chi connectivity index (χ4v) is 2.95. The Morgan fingerprint density at radius 2 is 2.13 bits per heavy atom. The maximum atomic E-state index is 10.5. The molecular weight excluding hydrogens is 190 g/mol. The molecule has 0 aromatic heterocycles. The first kappa shape index (κ1) is 11.4. The van der Waals surface area contributed by atoms with Gasteiger partial charge >= 0.3 is 0 Å². The Bertz CT molecular complexity index is 204. The molecule has 2 atom stereocenters. The van der Waals surface area contributed by atoms with Gasteiger partial charge in [-0.25, -0.2) is 0 Å². The van der Waals surface area contributed by atoms with Gasteiger partial charge in [-0.15, -0.1) is 0 Å². The summed E-state index contributed by atoms with van der Waals surface area (Å²) in [4.78, 5) is 2.35. The van der Waals surface area contributed by atoms with Gasteiger partial charge in [0.1, 0.15) is 0 Å². The molecule has 3 heteroatoms. The summed E-state index contributed by atoms with van der Waals surface area (Å²) in [7, 11) is 0. The van der Waals surface area contributed by atoms with Crippen molar-refractivity contribution < 1.29 is 9.84 Å². The van der Waals surface area contributed by atoms with E-state index in [2.05, 4.69) is 11.8 Å². The van der Waals surface area contributed by atoms with Crippen molar-refractivity contribution in [1.82, 2.24) is 4.90 Å². The molecule has 88 valence electrons. The van der Waals surface area contributed by atoms with Crippen molar-refractivity contribution in [3.63, 3.8) is 0 Å². The van der Waals surface area contributed by atoms with Crippen LogP contribution in [0.5, 0.6) is 0 Å². The molecule has 2 aliphatic rings. The molecule has 0 bridgehead atoms. The van der Waals surface area contributed by atoms with Gasteiger partial charge in [0.2, 0.25) is 0 Å². The lowest BCUT2D eigenvalue weighted by molar-refractivity contribution is -0.0604. The zero-order valence-electron chi connectivity index (χ0n) is 9.74. The van der Waals surface area contributed by atoms with Gasteiger partial charge in [-0.05, 0) is 18.8 Å². The van der Waals surface area contributed by atoms with E-state index in [4.69, 9.17) is 4.74 Å². The highest BCUT2D eigenvalue weighted by atomic mass is 16.5. The monoisotopic (exact) mass is 213 g/mol. The Labute approximate surface area is 92.4 Å². The molecule has 0 radical (unpaired) electrons. The number of hydrogen-bond donors (Lipinski definition) is 1. The third-order valence-corrected chi connectivity index (χ3v) is 3.69. The average Bonchev–Trinajstić information content (AvgIpc) is 2.18. The molecule has 1 N–H and O–H groups in total. The molecule has 2 rings (SSSR count). The van der Waals surface area contributed by atoms with E-state index in [9.17, 15) is 5.11 Å². The minimum absolute atomic E-state index is 0.422. The Morgan fingerprint density at radius 3 is 2.80 bits per heavy atom. The average molecular weight is 213 g/mol. The smallest absolute Gasteiger partial charge is 0.0776 e. The predicted octanol–water partition coefficient (Wildman–Crippen LogP) is 1.26. The van der Waals surface area contributed by atoms with Crippen LogP contribution in [0.25, 0.3) is 0 Å². The molecule has 15 heavy (non-hydrogen) atoms. The minimum Gasteiger partial charge on any atom is -0.389 e. The van der Waals surface area contributed by atoms with Crippen molar-refractivity contribution in [2.24, 2.45) is 5.92 Å². The molecule has 1 heterocycles. The lowest BCUT2D eigenvalue weighted by Crippen LogP contribution is -2.49. The van der Waals surface area contributed by atoms with Gasteiger partial charge in [0.15, 0.2) is 0 Å². The Balaban J connectivity index is 1.85. The highest BCUT2D eigenvalue weighted by molar-refractivity contribution is 4.88. The summed E-state index contributed by atoms with van der Waals surface area (Å²) in [6, 6.07) is 0. The fraction of sp³-hybridized carbons (Fsp3) is 1.00. The topological polar surface area (TPSA) is 32.7 Å². The minimum atomic E-state index is -0.422. The van der Waals surface area contributed by atoms with Crippen LogP contribution in [0, 0.1) is 5.92 Å². The van der Waals surface area contributed by atoms with Crippen LogP contribution in [-0.2, 0) is 4.74 Å². The van der Waals surface area contributed by atoms with Crippen LogP contribution in [0.4, 0.5) is 0 Å². The van der Waals surface area contributed by atoms with Gasteiger partial charge in [0.05, 0.1) is 18.8 Å². The van der Waals surface area contributed by atoms with Crippen LogP contribution in [-0.4, -0.2) is 48.5 Å². The van der Waals surface area contributed by atoms with E-state index in [1.165, 1.54) is 12.8 Å². The van der Waals surface area contributed by atoms with Gasteiger partial charge in [0, 0.05) is 19.6 Å². The lowest BCUT2D eigenvalue weighted by atomic mass is 9.78. The normalized spacial score (nSPS) is 39.2. The van der Waals surface area contributed by atoms with E-state index >= 15 is 0 Å². The van der Waals surface area contributed by atoms with E-state index in [1.807, 2.05) is 0 Å². The third kappa shape index (κ3) is 3.16. The van der Waals surface area contributed by atoms with Crippen LogP contribution < -0.4 is 0 Å². The van der Waals surface area contributed by atoms with E-state index in [1.54, 1.807) is 0 Å². The number of hydrogen-bond acceptors (Lipinski definition) is 3. The summed E-state index contributed by atoms with van der Waals surface area (Å²) >= 11 is 0. The predicted molar refractivity (Wildman–Crippen MR) is 59.8 cm³/mol. The summed E-state index contributed by atoms with van der Waals surface area (Å²) in [5.41, 5.74) is -0.422. The fourth-order valence-electron chi connectivity index (χ4n) is 2.95. The van der Waals surface area contributed by atoms with Gasteiger partial charge in [-0.3, -0.25) is 4.90 Å². The second-order valence-corrected chi connectivity index (χ2v) is 5.31. The molecule has 1 saturated heterocycles. The van der Waals surface area contributed by atoms with E-state index in [0.717, 1.165) is 45.7 Å². The third-order valence-electron chi connectivity index (χ3n) is 3.69. The number of β-amino-alcohol motifs (C(OH)–C–C–N with tert-alkyl or cyclic N) is 1. The van der Waals surface area contributed by atoms with Crippen molar-refractivity contribution in [1.29, 1.82) is 0 Å². The number of morpholine rings is 1. The molecule has 3 nitrogen and oxygen atoms in total. The van der Waals surface area contributed by atoms with Gasteiger partial charge in [-0.2, -0.15) is 0 Å². The van der Waals surface area contributed by atoms with Crippen molar-refractivity contribution >= 4 is 0 Å². The van der Waals surface area contributed by atoms with Crippen LogP contribution in [0.15, 0.2) is 0 Å². The molecule has 2 fully saturated rings. The second kappa shape index (κ2) is 4.81. The summed E-state index contributed by atoms with van der Waals surface area (Å²) in [5, 5.41) is 10.5. The Kier molecular flexibility index (Phi) is 3.65. The number of rotatable bonds is 2. The maximum Gasteiger partial charge on any atom is 0.0776 e. The molecular formula is C12H23NO2. The van der Waals surface area contributed by atoms with Crippen molar-refractivity contribution in [2.45, 2.75) is 38.2 Å². The first-order valence-electron chi connectivity index (χ1n) is 6.20. The van der Waals surface area contributed by atoms with Crippen LogP contribution in [0.2, 0.25) is 0 Å². The first-order chi connectivity index (χ1) is 7.18. The molecule has 1 saturated carbocycles. The number of nitrogens with zero attached hydrogens (tertiary/aromatic N) is 1. The molecule has 0 spiro atoms. The quantitative estimate of drug-likeness (QED) is 0.749. The highest BCUT2D eigenvalue weighted by Gasteiger charge is 2.34. The summed E-state index contributed by atoms with van der Waals surface area (Å²) in [6.45, 7) is 6.72. The summed E-state index contributed by atoms with van der Waals surface area (Å²) < 4.78 is 5.32. The van der Waals surface area contributed by atoms with Crippen LogP contribution in [0.1, 0.15) is 32.6 Å². The lowest BCUT2D eigenvalue weighted by Gasteiger charge is -2.40. The largest absolute Gasteiger partial charge is 0.389 e.